The molecule has 0 aromatic heterocycles. The molecule has 0 aliphatic heterocycles. The van der Waals surface area contributed by atoms with E-state index in [1.54, 1.807) is 26.0 Å². The number of benzene rings is 1. The number of hydrogen-bond donors (Lipinski definition) is 3. The first-order chi connectivity index (χ1) is 11.3. The van der Waals surface area contributed by atoms with Crippen LogP contribution in [0.25, 0.3) is 0 Å². The van der Waals surface area contributed by atoms with Crippen LogP contribution in [-0.4, -0.2) is 46.7 Å². The van der Waals surface area contributed by atoms with E-state index in [9.17, 15) is 14.0 Å². The van der Waals surface area contributed by atoms with Gasteiger partial charge in [0.1, 0.15) is 17.4 Å². The van der Waals surface area contributed by atoms with E-state index >= 15 is 0 Å². The Bertz CT molecular complexity index is 557. The summed E-state index contributed by atoms with van der Waals surface area (Å²) in [7, 11) is 0. The van der Waals surface area contributed by atoms with Crippen LogP contribution in [0, 0.1) is 18.2 Å². The molecule has 0 saturated heterocycles. The lowest BCUT2D eigenvalue weighted by atomic mass is 9.81. The summed E-state index contributed by atoms with van der Waals surface area (Å²) in [6.07, 6.45) is 0.761. The first kappa shape index (κ1) is 20.4. The highest BCUT2D eigenvalue weighted by Crippen LogP contribution is 2.31. The molecule has 1 aromatic carbocycles. The van der Waals surface area contributed by atoms with E-state index in [4.69, 9.17) is 15.3 Å². The summed E-state index contributed by atoms with van der Waals surface area (Å²) >= 11 is 0. The van der Waals surface area contributed by atoms with Gasteiger partial charge in [-0.3, -0.25) is 9.59 Å². The minimum Gasteiger partial charge on any atom is -0.396 e. The number of hydrogen-bond acceptors (Lipinski definition) is 5. The van der Waals surface area contributed by atoms with Crippen molar-refractivity contribution in [3.05, 3.63) is 35.1 Å². The average molecular weight is 340 g/mol. The van der Waals surface area contributed by atoms with Gasteiger partial charge in [-0.1, -0.05) is 19.1 Å². The van der Waals surface area contributed by atoms with E-state index in [0.717, 1.165) is 5.56 Å². The SMILES string of the molecule is CC(CO)(CO)CO.Cc1c(F)cccc1C1CC(=O)CC(=O)C1. The zero-order valence-electron chi connectivity index (χ0n) is 14.1. The Kier molecular flexibility index (Phi) is 7.66. The van der Waals surface area contributed by atoms with Crippen molar-refractivity contribution in [3.63, 3.8) is 0 Å². The molecule has 1 saturated carbocycles. The second kappa shape index (κ2) is 9.01. The highest BCUT2D eigenvalue weighted by Gasteiger charge is 2.27. The van der Waals surface area contributed by atoms with Crippen molar-refractivity contribution < 1.29 is 29.3 Å². The number of aliphatic hydroxyl groups excluding tert-OH is 3. The first-order valence-electron chi connectivity index (χ1n) is 7.87. The molecule has 1 aliphatic rings. The fourth-order valence-electron chi connectivity index (χ4n) is 2.42. The smallest absolute Gasteiger partial charge is 0.140 e. The molecule has 0 unspecified atom stereocenters. The zero-order valence-corrected chi connectivity index (χ0v) is 14.1. The first-order valence-corrected chi connectivity index (χ1v) is 7.87. The fraction of sp³-hybridized carbons (Fsp3) is 0.556. The minimum absolute atomic E-state index is 0.0371. The molecule has 0 heterocycles. The Morgan fingerprint density at radius 2 is 1.58 bits per heavy atom. The quantitative estimate of drug-likeness (QED) is 0.722. The molecule has 0 atom stereocenters. The van der Waals surface area contributed by atoms with Crippen LogP contribution in [0.15, 0.2) is 18.2 Å². The molecule has 24 heavy (non-hydrogen) atoms. The Morgan fingerprint density at radius 3 is 2.00 bits per heavy atom. The van der Waals surface area contributed by atoms with Crippen molar-refractivity contribution in [1.29, 1.82) is 0 Å². The van der Waals surface area contributed by atoms with Crippen LogP contribution in [0.4, 0.5) is 4.39 Å². The molecular weight excluding hydrogens is 315 g/mol. The Labute approximate surface area is 141 Å². The van der Waals surface area contributed by atoms with Gasteiger partial charge in [-0.2, -0.15) is 0 Å². The normalized spacial score (nSPS) is 15.9. The zero-order chi connectivity index (χ0) is 18.3. The number of carbonyl (C=O) groups is 2. The molecule has 1 aliphatic carbocycles. The van der Waals surface area contributed by atoms with Crippen molar-refractivity contribution in [2.24, 2.45) is 5.41 Å². The third-order valence-electron chi connectivity index (χ3n) is 4.24. The number of halogens is 1. The Hall–Kier alpha value is -1.63. The molecular formula is C18H25FO5. The van der Waals surface area contributed by atoms with E-state index in [0.29, 0.717) is 18.4 Å². The predicted octanol–water partition coefficient (Wildman–Crippen LogP) is 1.51. The summed E-state index contributed by atoms with van der Waals surface area (Å²) in [5, 5.41) is 25.4. The van der Waals surface area contributed by atoms with E-state index in [1.807, 2.05) is 0 Å². The van der Waals surface area contributed by atoms with Crippen LogP contribution in [-0.2, 0) is 9.59 Å². The van der Waals surface area contributed by atoms with Crippen molar-refractivity contribution >= 4 is 11.6 Å². The molecule has 134 valence electrons. The lowest BCUT2D eigenvalue weighted by Gasteiger charge is -2.22. The maximum atomic E-state index is 13.4. The summed E-state index contributed by atoms with van der Waals surface area (Å²) < 4.78 is 13.4. The van der Waals surface area contributed by atoms with Crippen LogP contribution in [0.1, 0.15) is 43.2 Å². The fourth-order valence-corrected chi connectivity index (χ4v) is 2.42. The molecule has 1 fully saturated rings. The van der Waals surface area contributed by atoms with Gasteiger partial charge in [0.2, 0.25) is 0 Å². The van der Waals surface area contributed by atoms with Crippen LogP contribution in [0.5, 0.6) is 0 Å². The summed E-state index contributed by atoms with van der Waals surface area (Å²) in [4.78, 5) is 22.7. The topological polar surface area (TPSA) is 94.8 Å². The monoisotopic (exact) mass is 340 g/mol. The van der Waals surface area contributed by atoms with Gasteiger partial charge in [-0.25, -0.2) is 4.39 Å². The van der Waals surface area contributed by atoms with Crippen molar-refractivity contribution in [2.75, 3.05) is 19.8 Å². The molecule has 1 aromatic rings. The van der Waals surface area contributed by atoms with E-state index < -0.39 is 5.41 Å². The van der Waals surface area contributed by atoms with Gasteiger partial charge in [0, 0.05) is 18.3 Å². The second-order valence-corrected chi connectivity index (χ2v) is 6.60. The van der Waals surface area contributed by atoms with Gasteiger partial charge in [0.25, 0.3) is 0 Å². The number of rotatable bonds is 4. The maximum absolute atomic E-state index is 13.4. The minimum atomic E-state index is -0.708. The number of Topliss-reactive ketones (excluding diaryl/α,β-unsaturated/α-hetero) is 2. The van der Waals surface area contributed by atoms with Gasteiger partial charge in [-0.15, -0.1) is 0 Å². The lowest BCUT2D eigenvalue weighted by molar-refractivity contribution is -0.130. The summed E-state index contributed by atoms with van der Waals surface area (Å²) in [5.74, 6) is -0.484. The molecule has 0 bridgehead atoms. The standard InChI is InChI=1S/C13H13FO2.C5H12O3/c1-8-12(3-2-4-13(8)14)9-5-10(15)7-11(16)6-9;1-5(2-6,3-7)4-8/h2-4,9H,5-7H2,1H3;6-8H,2-4H2,1H3. The van der Waals surface area contributed by atoms with E-state index in [2.05, 4.69) is 0 Å². The second-order valence-electron chi connectivity index (χ2n) is 6.60. The van der Waals surface area contributed by atoms with Crippen LogP contribution >= 0.6 is 0 Å². The van der Waals surface area contributed by atoms with Crippen LogP contribution in [0.3, 0.4) is 0 Å². The van der Waals surface area contributed by atoms with Crippen molar-refractivity contribution in [2.45, 2.75) is 39.0 Å². The van der Waals surface area contributed by atoms with Gasteiger partial charge in [-0.05, 0) is 30.0 Å². The summed E-state index contributed by atoms with van der Waals surface area (Å²) in [5.41, 5.74) is 0.636. The molecule has 6 heteroatoms. The molecule has 5 nitrogen and oxygen atoms in total. The van der Waals surface area contributed by atoms with Gasteiger partial charge < -0.3 is 15.3 Å². The number of ketones is 2. The number of aliphatic hydroxyl groups is 3. The summed E-state index contributed by atoms with van der Waals surface area (Å²) in [6, 6.07) is 4.82. The highest BCUT2D eigenvalue weighted by atomic mass is 19.1. The molecule has 3 N–H and O–H groups in total. The molecule has 0 radical (unpaired) electrons. The van der Waals surface area contributed by atoms with Gasteiger partial charge >= 0.3 is 0 Å². The lowest BCUT2D eigenvalue weighted by Crippen LogP contribution is -2.29. The maximum Gasteiger partial charge on any atom is 0.140 e. The molecule has 0 spiro atoms. The largest absolute Gasteiger partial charge is 0.396 e. The van der Waals surface area contributed by atoms with Crippen molar-refractivity contribution in [1.82, 2.24) is 0 Å². The van der Waals surface area contributed by atoms with Crippen molar-refractivity contribution in [3.8, 4) is 0 Å². The predicted molar refractivity (Wildman–Crippen MR) is 87.1 cm³/mol. The Balaban J connectivity index is 0.000000307. The van der Waals surface area contributed by atoms with E-state index in [1.165, 1.54) is 6.07 Å². The van der Waals surface area contributed by atoms with Crippen LogP contribution in [0.2, 0.25) is 0 Å². The highest BCUT2D eigenvalue weighted by molar-refractivity contribution is 6.02. The van der Waals surface area contributed by atoms with Crippen LogP contribution < -0.4 is 0 Å². The third kappa shape index (κ3) is 5.47. The summed E-state index contributed by atoms with van der Waals surface area (Å²) in [6.45, 7) is 2.75. The average Bonchev–Trinajstić information content (AvgIpc) is 2.56. The number of carbonyl (C=O) groups excluding carboxylic acids is 2. The molecule has 0 amide bonds. The third-order valence-corrected chi connectivity index (χ3v) is 4.24. The van der Waals surface area contributed by atoms with E-state index in [-0.39, 0.29) is 49.5 Å². The molecule has 2 rings (SSSR count). The van der Waals surface area contributed by atoms with Gasteiger partial charge in [0.05, 0.1) is 26.2 Å². The van der Waals surface area contributed by atoms with Gasteiger partial charge in [0.15, 0.2) is 0 Å². The Morgan fingerprint density at radius 1 is 1.08 bits per heavy atom.